The highest BCUT2D eigenvalue weighted by Gasteiger charge is 2.18. The van der Waals surface area contributed by atoms with Gasteiger partial charge < -0.3 is 0 Å². The van der Waals surface area contributed by atoms with Crippen LogP contribution in [0, 0.1) is 0 Å². The van der Waals surface area contributed by atoms with Crippen LogP contribution in [-0.4, -0.2) is 20.0 Å². The lowest BCUT2D eigenvalue weighted by Gasteiger charge is -2.18. The van der Waals surface area contributed by atoms with Gasteiger partial charge in [-0.15, -0.1) is 16.4 Å². The van der Waals surface area contributed by atoms with E-state index in [4.69, 9.17) is 16.6 Å². The molecule has 124 valence electrons. The average Bonchev–Trinajstić information content (AvgIpc) is 3.27. The lowest BCUT2D eigenvalue weighted by Crippen LogP contribution is -2.04. The highest BCUT2D eigenvalue weighted by atomic mass is 35.5. The minimum atomic E-state index is 0.590. The Hall–Kier alpha value is -1.72. The van der Waals surface area contributed by atoms with Crippen LogP contribution in [0.15, 0.2) is 35.8 Å². The molecule has 0 saturated heterocycles. The van der Waals surface area contributed by atoms with E-state index in [0.29, 0.717) is 12.5 Å². The van der Waals surface area contributed by atoms with Crippen LogP contribution in [0.3, 0.4) is 0 Å². The lowest BCUT2D eigenvalue weighted by molar-refractivity contribution is 0.436. The third-order valence-electron chi connectivity index (χ3n) is 4.55. The van der Waals surface area contributed by atoms with Gasteiger partial charge in [0.05, 0.1) is 17.9 Å². The summed E-state index contributed by atoms with van der Waals surface area (Å²) in [7, 11) is 0. The van der Waals surface area contributed by atoms with Gasteiger partial charge in [0.2, 0.25) is 0 Å². The highest BCUT2D eigenvalue weighted by Crippen LogP contribution is 2.31. The first kappa shape index (κ1) is 15.8. The van der Waals surface area contributed by atoms with Crippen molar-refractivity contribution in [3.8, 4) is 10.6 Å². The van der Waals surface area contributed by atoms with Crippen molar-refractivity contribution in [1.82, 2.24) is 20.0 Å². The Balaban J connectivity index is 1.46. The molecule has 0 atom stereocenters. The topological polar surface area (TPSA) is 43.6 Å². The van der Waals surface area contributed by atoms with E-state index in [1.807, 2.05) is 28.9 Å². The minimum Gasteiger partial charge on any atom is -0.246 e. The molecule has 0 unspecified atom stereocenters. The minimum absolute atomic E-state index is 0.590. The summed E-state index contributed by atoms with van der Waals surface area (Å²) >= 11 is 7.59. The molecule has 0 spiro atoms. The van der Waals surface area contributed by atoms with Crippen LogP contribution in [0.25, 0.3) is 10.6 Å². The molecule has 4 nitrogen and oxygen atoms in total. The average molecular weight is 359 g/mol. The van der Waals surface area contributed by atoms with Crippen molar-refractivity contribution in [1.29, 1.82) is 0 Å². The number of hydrogen-bond donors (Lipinski definition) is 0. The zero-order valence-electron chi connectivity index (χ0n) is 13.4. The van der Waals surface area contributed by atoms with Crippen molar-refractivity contribution >= 4 is 22.9 Å². The van der Waals surface area contributed by atoms with Crippen molar-refractivity contribution in [2.45, 2.75) is 44.6 Å². The van der Waals surface area contributed by atoms with Gasteiger partial charge in [0, 0.05) is 28.1 Å². The number of thiazole rings is 1. The molecule has 0 radical (unpaired) electrons. The molecule has 1 aliphatic carbocycles. The first-order chi connectivity index (χ1) is 11.8. The van der Waals surface area contributed by atoms with Crippen molar-refractivity contribution in [2.24, 2.45) is 0 Å². The van der Waals surface area contributed by atoms with E-state index in [-0.39, 0.29) is 0 Å². The molecule has 4 rings (SSSR count). The van der Waals surface area contributed by atoms with Gasteiger partial charge in [-0.2, -0.15) is 0 Å². The highest BCUT2D eigenvalue weighted by molar-refractivity contribution is 7.13. The molecular weight excluding hydrogens is 340 g/mol. The molecule has 1 fully saturated rings. The van der Waals surface area contributed by atoms with Crippen LogP contribution in [0.4, 0.5) is 0 Å². The fourth-order valence-electron chi connectivity index (χ4n) is 3.25. The summed E-state index contributed by atoms with van der Waals surface area (Å²) in [5, 5.41) is 12.5. The first-order valence-electron chi connectivity index (χ1n) is 8.38. The van der Waals surface area contributed by atoms with Crippen LogP contribution in [0.2, 0.25) is 5.02 Å². The van der Waals surface area contributed by atoms with Crippen molar-refractivity contribution in [3.63, 3.8) is 0 Å². The molecule has 3 aromatic rings. The van der Waals surface area contributed by atoms with Gasteiger partial charge in [0.25, 0.3) is 0 Å². The number of benzene rings is 1. The smallest absolute Gasteiger partial charge is 0.123 e. The maximum Gasteiger partial charge on any atom is 0.123 e. The molecule has 0 aliphatic heterocycles. The maximum absolute atomic E-state index is 5.94. The number of nitrogens with zero attached hydrogens (tertiary/aromatic N) is 4. The normalized spacial score (nSPS) is 15.7. The van der Waals surface area contributed by atoms with Gasteiger partial charge in [-0.25, -0.2) is 9.67 Å². The monoisotopic (exact) mass is 358 g/mol. The van der Waals surface area contributed by atoms with E-state index >= 15 is 0 Å². The van der Waals surface area contributed by atoms with E-state index in [0.717, 1.165) is 27.0 Å². The van der Waals surface area contributed by atoms with Crippen LogP contribution in [-0.2, 0) is 6.54 Å². The van der Waals surface area contributed by atoms with E-state index in [2.05, 4.69) is 21.9 Å². The van der Waals surface area contributed by atoms with Gasteiger partial charge in [0.1, 0.15) is 5.01 Å². The zero-order chi connectivity index (χ0) is 16.4. The van der Waals surface area contributed by atoms with Gasteiger partial charge in [-0.1, -0.05) is 48.2 Å². The molecule has 2 aromatic heterocycles. The maximum atomic E-state index is 5.94. The SMILES string of the molecule is Clc1ccc(-c2nc(Cn3cc(C4CCCCC4)nn3)cs2)cc1. The molecule has 0 bridgehead atoms. The molecule has 1 aliphatic rings. The standard InChI is InChI=1S/C18H19ClN4S/c19-15-8-6-14(7-9-15)18-20-16(12-24-18)10-23-11-17(21-22-23)13-4-2-1-3-5-13/h6-9,11-13H,1-5,10H2. The fourth-order valence-corrected chi connectivity index (χ4v) is 4.19. The third kappa shape index (κ3) is 3.52. The number of halogens is 1. The molecule has 0 N–H and O–H groups in total. The summed E-state index contributed by atoms with van der Waals surface area (Å²) in [5.74, 6) is 0.590. The van der Waals surface area contributed by atoms with Crippen molar-refractivity contribution in [3.05, 3.63) is 52.3 Å². The van der Waals surface area contributed by atoms with E-state index < -0.39 is 0 Å². The Morgan fingerprint density at radius 3 is 2.71 bits per heavy atom. The molecular formula is C18H19ClN4S. The van der Waals surface area contributed by atoms with Gasteiger partial charge in [-0.3, -0.25) is 0 Å². The Labute approximate surface area is 150 Å². The molecule has 6 heteroatoms. The molecule has 0 amide bonds. The molecule has 24 heavy (non-hydrogen) atoms. The van der Waals surface area contributed by atoms with Gasteiger partial charge in [0.15, 0.2) is 0 Å². The Morgan fingerprint density at radius 1 is 1.12 bits per heavy atom. The van der Waals surface area contributed by atoms with Gasteiger partial charge >= 0.3 is 0 Å². The van der Waals surface area contributed by atoms with Crippen LogP contribution in [0.5, 0.6) is 0 Å². The predicted molar refractivity (Wildman–Crippen MR) is 97.5 cm³/mol. The van der Waals surface area contributed by atoms with Crippen LogP contribution >= 0.6 is 22.9 Å². The fraction of sp³-hybridized carbons (Fsp3) is 0.389. The second kappa shape index (κ2) is 7.03. The van der Waals surface area contributed by atoms with E-state index in [1.54, 1.807) is 11.3 Å². The first-order valence-corrected chi connectivity index (χ1v) is 9.64. The summed E-state index contributed by atoms with van der Waals surface area (Å²) in [5.41, 5.74) is 3.25. The predicted octanol–water partition coefficient (Wildman–Crippen LogP) is 5.15. The van der Waals surface area contributed by atoms with Crippen LogP contribution < -0.4 is 0 Å². The van der Waals surface area contributed by atoms with Crippen molar-refractivity contribution in [2.75, 3.05) is 0 Å². The summed E-state index contributed by atoms with van der Waals surface area (Å²) in [6, 6.07) is 7.79. The molecule has 2 heterocycles. The Bertz CT molecular complexity index is 803. The quantitative estimate of drug-likeness (QED) is 0.647. The van der Waals surface area contributed by atoms with E-state index in [9.17, 15) is 0 Å². The second-order valence-corrected chi connectivity index (χ2v) is 7.62. The van der Waals surface area contributed by atoms with E-state index in [1.165, 1.54) is 32.1 Å². The summed E-state index contributed by atoms with van der Waals surface area (Å²) in [4.78, 5) is 4.71. The molecule has 1 saturated carbocycles. The summed E-state index contributed by atoms with van der Waals surface area (Å²) in [6.07, 6.45) is 8.57. The largest absolute Gasteiger partial charge is 0.246 e. The third-order valence-corrected chi connectivity index (χ3v) is 5.74. The number of aromatic nitrogens is 4. The molecule has 1 aromatic carbocycles. The van der Waals surface area contributed by atoms with Crippen LogP contribution in [0.1, 0.15) is 49.4 Å². The summed E-state index contributed by atoms with van der Waals surface area (Å²) < 4.78 is 1.91. The zero-order valence-corrected chi connectivity index (χ0v) is 14.9. The summed E-state index contributed by atoms with van der Waals surface area (Å²) in [6.45, 7) is 0.670. The van der Waals surface area contributed by atoms with Crippen molar-refractivity contribution < 1.29 is 0 Å². The van der Waals surface area contributed by atoms with Gasteiger partial charge in [-0.05, 0) is 25.0 Å². The Kier molecular flexibility index (Phi) is 4.63. The Morgan fingerprint density at radius 2 is 1.92 bits per heavy atom. The second-order valence-electron chi connectivity index (χ2n) is 6.33. The lowest BCUT2D eigenvalue weighted by atomic mass is 9.87. The number of hydrogen-bond acceptors (Lipinski definition) is 4. The number of rotatable bonds is 4.